The number of nitrogens with one attached hydrogen (secondary N) is 2. The largest absolute Gasteiger partial charge is 0.359 e. The molecule has 0 spiro atoms. The van der Waals surface area contributed by atoms with Crippen molar-refractivity contribution < 1.29 is 0 Å². The number of anilines is 1. The zero-order valence-corrected chi connectivity index (χ0v) is 11.8. The first-order valence-corrected chi connectivity index (χ1v) is 7.00. The summed E-state index contributed by atoms with van der Waals surface area (Å²) in [7, 11) is 0. The molecule has 0 atom stereocenters. The molecule has 2 aromatic rings. The van der Waals surface area contributed by atoms with E-state index in [2.05, 4.69) is 35.2 Å². The molecule has 94 valence electrons. The molecule has 2 rings (SSSR count). The predicted octanol–water partition coefficient (Wildman–Crippen LogP) is 3.33. The Bertz CT molecular complexity index is 575. The summed E-state index contributed by atoms with van der Waals surface area (Å²) >= 11 is 6.90. The average molecular weight is 277 g/mol. The molecule has 0 fully saturated rings. The fraction of sp³-hybridized carbons (Fsp3) is 0.231. The SMILES string of the molecule is C=CCNC(=S)Nc1ccc2nc(CC)sc2c1. The summed E-state index contributed by atoms with van der Waals surface area (Å²) in [4.78, 5) is 4.53. The van der Waals surface area contributed by atoms with Gasteiger partial charge in [-0.1, -0.05) is 13.0 Å². The third-order valence-corrected chi connectivity index (χ3v) is 3.81. The van der Waals surface area contributed by atoms with E-state index in [0.717, 1.165) is 22.6 Å². The molecule has 0 bridgehead atoms. The highest BCUT2D eigenvalue weighted by Crippen LogP contribution is 2.25. The number of nitrogens with zero attached hydrogens (tertiary/aromatic N) is 1. The van der Waals surface area contributed by atoms with Crippen LogP contribution in [0.2, 0.25) is 0 Å². The van der Waals surface area contributed by atoms with Gasteiger partial charge < -0.3 is 10.6 Å². The van der Waals surface area contributed by atoms with Crippen LogP contribution in [-0.2, 0) is 6.42 Å². The minimum absolute atomic E-state index is 0.606. The molecule has 5 heteroatoms. The number of thiocarbonyl (C=S) groups is 1. The van der Waals surface area contributed by atoms with E-state index in [1.54, 1.807) is 17.4 Å². The van der Waals surface area contributed by atoms with Gasteiger partial charge in [-0.2, -0.15) is 0 Å². The summed E-state index contributed by atoms with van der Waals surface area (Å²) in [6.45, 7) is 6.41. The summed E-state index contributed by atoms with van der Waals surface area (Å²) in [5.74, 6) is 0. The highest BCUT2D eigenvalue weighted by Gasteiger charge is 2.04. The van der Waals surface area contributed by atoms with Crippen LogP contribution in [0.3, 0.4) is 0 Å². The monoisotopic (exact) mass is 277 g/mol. The van der Waals surface area contributed by atoms with Crippen LogP contribution in [0.25, 0.3) is 10.2 Å². The van der Waals surface area contributed by atoms with Crippen molar-refractivity contribution in [2.75, 3.05) is 11.9 Å². The van der Waals surface area contributed by atoms with Gasteiger partial charge in [0.05, 0.1) is 15.2 Å². The first-order valence-electron chi connectivity index (χ1n) is 5.78. The van der Waals surface area contributed by atoms with E-state index >= 15 is 0 Å². The van der Waals surface area contributed by atoms with E-state index in [0.29, 0.717) is 11.7 Å². The topological polar surface area (TPSA) is 37.0 Å². The summed E-state index contributed by atoms with van der Waals surface area (Å²) < 4.78 is 1.18. The minimum Gasteiger partial charge on any atom is -0.359 e. The number of aromatic nitrogens is 1. The lowest BCUT2D eigenvalue weighted by Crippen LogP contribution is -2.28. The number of fused-ring (bicyclic) bond motifs is 1. The molecule has 1 heterocycles. The third kappa shape index (κ3) is 3.05. The molecule has 18 heavy (non-hydrogen) atoms. The van der Waals surface area contributed by atoms with Crippen molar-refractivity contribution in [3.63, 3.8) is 0 Å². The Morgan fingerprint density at radius 1 is 1.56 bits per heavy atom. The second-order valence-electron chi connectivity index (χ2n) is 3.77. The van der Waals surface area contributed by atoms with Crippen molar-refractivity contribution in [3.8, 4) is 0 Å². The molecule has 0 aliphatic rings. The quantitative estimate of drug-likeness (QED) is 0.664. The Balaban J connectivity index is 2.14. The highest BCUT2D eigenvalue weighted by atomic mass is 32.1. The number of benzene rings is 1. The summed E-state index contributed by atoms with van der Waals surface area (Å²) in [6, 6.07) is 6.08. The summed E-state index contributed by atoms with van der Waals surface area (Å²) in [5, 5.41) is 7.95. The summed E-state index contributed by atoms with van der Waals surface area (Å²) in [6.07, 6.45) is 2.75. The maximum atomic E-state index is 5.17. The number of aryl methyl sites for hydroxylation is 1. The molecule has 0 amide bonds. The first-order chi connectivity index (χ1) is 8.72. The van der Waals surface area contributed by atoms with E-state index in [-0.39, 0.29) is 0 Å². The first kappa shape index (κ1) is 13.0. The maximum Gasteiger partial charge on any atom is 0.171 e. The van der Waals surface area contributed by atoms with Gasteiger partial charge in [-0.25, -0.2) is 4.98 Å². The molecule has 0 unspecified atom stereocenters. The lowest BCUT2D eigenvalue weighted by molar-refractivity contribution is 1.06. The Morgan fingerprint density at radius 2 is 2.39 bits per heavy atom. The molecular formula is C13H15N3S2. The van der Waals surface area contributed by atoms with Crippen molar-refractivity contribution >= 4 is 44.6 Å². The Morgan fingerprint density at radius 3 is 3.11 bits per heavy atom. The van der Waals surface area contributed by atoms with Gasteiger partial charge in [-0.3, -0.25) is 0 Å². The zero-order chi connectivity index (χ0) is 13.0. The number of hydrogen-bond acceptors (Lipinski definition) is 3. The van der Waals surface area contributed by atoms with Gasteiger partial charge in [0.25, 0.3) is 0 Å². The standard InChI is InChI=1S/C13H15N3S2/c1-3-7-14-13(17)15-9-5-6-10-11(8-9)18-12(4-2)16-10/h3,5-6,8H,1,4,7H2,2H3,(H2,14,15,17). The van der Waals surface area contributed by atoms with E-state index in [9.17, 15) is 0 Å². The van der Waals surface area contributed by atoms with Crippen molar-refractivity contribution in [2.45, 2.75) is 13.3 Å². The third-order valence-electron chi connectivity index (χ3n) is 2.40. The van der Waals surface area contributed by atoms with E-state index in [1.165, 1.54) is 4.70 Å². The molecule has 0 aliphatic carbocycles. The zero-order valence-electron chi connectivity index (χ0n) is 10.2. The van der Waals surface area contributed by atoms with Crippen LogP contribution in [0, 0.1) is 0 Å². The van der Waals surface area contributed by atoms with Crippen LogP contribution in [0.5, 0.6) is 0 Å². The van der Waals surface area contributed by atoms with Crippen molar-refractivity contribution in [1.82, 2.24) is 10.3 Å². The van der Waals surface area contributed by atoms with Crippen molar-refractivity contribution in [1.29, 1.82) is 0 Å². The van der Waals surface area contributed by atoms with Gasteiger partial charge in [-0.05, 0) is 36.8 Å². The molecule has 2 N–H and O–H groups in total. The molecule has 0 saturated carbocycles. The van der Waals surface area contributed by atoms with Crippen LogP contribution in [-0.4, -0.2) is 16.6 Å². The molecule has 1 aromatic carbocycles. The molecule has 1 aromatic heterocycles. The van der Waals surface area contributed by atoms with E-state index in [4.69, 9.17) is 12.2 Å². The van der Waals surface area contributed by atoms with Gasteiger partial charge in [0.15, 0.2) is 5.11 Å². The Kier molecular flexibility index (Phi) is 4.28. The Hall–Kier alpha value is -1.46. The molecule has 0 radical (unpaired) electrons. The molecule has 0 saturated heterocycles. The van der Waals surface area contributed by atoms with Crippen molar-refractivity contribution in [2.24, 2.45) is 0 Å². The molecule has 3 nitrogen and oxygen atoms in total. The Labute approximate surface area is 116 Å². The van der Waals surface area contributed by atoms with Gasteiger partial charge >= 0.3 is 0 Å². The van der Waals surface area contributed by atoms with E-state index in [1.807, 2.05) is 12.1 Å². The molecule has 0 aliphatic heterocycles. The lowest BCUT2D eigenvalue weighted by atomic mass is 10.3. The van der Waals surface area contributed by atoms with Crippen molar-refractivity contribution in [3.05, 3.63) is 35.9 Å². The van der Waals surface area contributed by atoms with Crippen LogP contribution in [0.4, 0.5) is 5.69 Å². The lowest BCUT2D eigenvalue weighted by Gasteiger charge is -2.08. The normalized spacial score (nSPS) is 10.3. The minimum atomic E-state index is 0.606. The van der Waals surface area contributed by atoms with Gasteiger partial charge in [0.2, 0.25) is 0 Å². The fourth-order valence-electron chi connectivity index (χ4n) is 1.54. The van der Waals surface area contributed by atoms with Gasteiger partial charge in [-0.15, -0.1) is 17.9 Å². The predicted molar refractivity (Wildman–Crippen MR) is 83.4 cm³/mol. The molecular weight excluding hydrogens is 262 g/mol. The second kappa shape index (κ2) is 5.93. The summed E-state index contributed by atoms with van der Waals surface area (Å²) in [5.41, 5.74) is 2.03. The highest BCUT2D eigenvalue weighted by molar-refractivity contribution is 7.80. The van der Waals surface area contributed by atoms with Crippen LogP contribution >= 0.6 is 23.6 Å². The van der Waals surface area contributed by atoms with E-state index < -0.39 is 0 Å². The van der Waals surface area contributed by atoms with Crippen LogP contribution in [0.15, 0.2) is 30.9 Å². The van der Waals surface area contributed by atoms with Gasteiger partial charge in [0.1, 0.15) is 0 Å². The maximum absolute atomic E-state index is 5.17. The number of rotatable bonds is 4. The van der Waals surface area contributed by atoms with Crippen LogP contribution in [0.1, 0.15) is 11.9 Å². The smallest absolute Gasteiger partial charge is 0.171 e. The van der Waals surface area contributed by atoms with Crippen LogP contribution < -0.4 is 10.6 Å². The fourth-order valence-corrected chi connectivity index (χ4v) is 2.69. The number of hydrogen-bond donors (Lipinski definition) is 2. The average Bonchev–Trinajstić information content (AvgIpc) is 2.78. The number of thiazole rings is 1. The second-order valence-corrected chi connectivity index (χ2v) is 5.29. The van der Waals surface area contributed by atoms with Gasteiger partial charge in [0, 0.05) is 12.2 Å².